The first kappa shape index (κ1) is 23.0. The molecule has 0 bridgehead atoms. The van der Waals surface area contributed by atoms with E-state index in [4.69, 9.17) is 5.11 Å². The van der Waals surface area contributed by atoms with Crippen LogP contribution in [0.25, 0.3) is 44.2 Å². The zero-order valence-corrected chi connectivity index (χ0v) is 20.8. The van der Waals surface area contributed by atoms with E-state index >= 15 is 0 Å². The van der Waals surface area contributed by atoms with Crippen molar-refractivity contribution in [2.75, 3.05) is 7.11 Å². The molecule has 1 heteroatoms. The highest BCUT2D eigenvalue weighted by Gasteiger charge is 2.31. The molecular formula is C36H27O. The van der Waals surface area contributed by atoms with Gasteiger partial charge in [-0.3, -0.25) is 0 Å². The lowest BCUT2D eigenvalue weighted by molar-refractivity contribution is 0.282. The maximum Gasteiger partial charge on any atom is 0.0712 e. The van der Waals surface area contributed by atoms with E-state index in [9.17, 15) is 0 Å². The molecule has 0 saturated heterocycles. The molecule has 0 spiro atoms. The van der Waals surface area contributed by atoms with Gasteiger partial charge in [0.05, 0.1) is 7.11 Å². The molecule has 0 saturated carbocycles. The molecule has 177 valence electrons. The highest BCUT2D eigenvalue weighted by atomic mass is 16.2. The number of hydrogen-bond donors (Lipinski definition) is 0. The zero-order valence-electron chi connectivity index (χ0n) is 20.8. The maximum atomic E-state index is 8.25. The van der Waals surface area contributed by atoms with Crippen molar-refractivity contribution in [2.45, 2.75) is 5.92 Å². The lowest BCUT2D eigenvalue weighted by atomic mass is 9.82. The SMILES string of the molecule is C[O].c1ccc(-c2ccc(-c3c(C4c5ccccc5-c5ccccc54)ccc4ccccc34)cc2)cc1. The predicted octanol–water partition coefficient (Wildman–Crippen LogP) is 9.38. The summed E-state index contributed by atoms with van der Waals surface area (Å²) in [5, 5.41) is 10.8. The van der Waals surface area contributed by atoms with Crippen LogP contribution in [0.2, 0.25) is 0 Å². The van der Waals surface area contributed by atoms with Gasteiger partial charge in [0, 0.05) is 5.92 Å². The average molecular weight is 476 g/mol. The number of fused-ring (bicyclic) bond motifs is 4. The van der Waals surface area contributed by atoms with Gasteiger partial charge in [-0.2, -0.15) is 0 Å². The first-order valence-electron chi connectivity index (χ1n) is 12.6. The molecule has 0 aliphatic heterocycles. The van der Waals surface area contributed by atoms with Gasteiger partial charge in [-0.05, 0) is 60.8 Å². The van der Waals surface area contributed by atoms with Crippen molar-refractivity contribution < 1.29 is 5.11 Å². The van der Waals surface area contributed by atoms with E-state index in [1.54, 1.807) is 0 Å². The van der Waals surface area contributed by atoms with Gasteiger partial charge in [0.2, 0.25) is 0 Å². The quantitative estimate of drug-likeness (QED) is 0.243. The molecule has 6 aromatic carbocycles. The Balaban J connectivity index is 0.00000123. The molecule has 0 amide bonds. The third kappa shape index (κ3) is 3.94. The van der Waals surface area contributed by atoms with E-state index in [0.29, 0.717) is 0 Å². The molecule has 1 nitrogen and oxygen atoms in total. The van der Waals surface area contributed by atoms with E-state index in [1.807, 2.05) is 0 Å². The minimum atomic E-state index is 0.218. The summed E-state index contributed by atoms with van der Waals surface area (Å²) in [6, 6.07) is 50.9. The molecule has 0 unspecified atom stereocenters. The summed E-state index contributed by atoms with van der Waals surface area (Å²) in [5.74, 6) is 0.218. The van der Waals surface area contributed by atoms with Crippen LogP contribution in [0.15, 0.2) is 140 Å². The van der Waals surface area contributed by atoms with Crippen LogP contribution in [0, 0.1) is 0 Å². The summed E-state index contributed by atoms with van der Waals surface area (Å²) in [4.78, 5) is 0. The fraction of sp³-hybridized carbons (Fsp3) is 0.0556. The van der Waals surface area contributed by atoms with Gasteiger partial charge in [-0.1, -0.05) is 140 Å². The summed E-state index contributed by atoms with van der Waals surface area (Å²) >= 11 is 0. The normalized spacial score (nSPS) is 11.9. The largest absolute Gasteiger partial charge is 0.240 e. The second-order valence-electron chi connectivity index (χ2n) is 9.30. The van der Waals surface area contributed by atoms with Gasteiger partial charge in [0.1, 0.15) is 0 Å². The molecule has 0 fully saturated rings. The second-order valence-corrected chi connectivity index (χ2v) is 9.30. The molecule has 7 rings (SSSR count). The Morgan fingerprint density at radius 2 is 0.919 bits per heavy atom. The third-order valence-corrected chi connectivity index (χ3v) is 7.39. The standard InChI is InChI=1S/C35H24.CH3O/c1-2-10-24(11-3-1)25-18-20-27(21-19-25)34-28-13-5-4-12-26(28)22-23-33(34)35-31-16-8-6-14-29(31)30-15-7-9-17-32(30)35;1-2/h1-23,35H;1H3. The van der Waals surface area contributed by atoms with Crippen LogP contribution in [0.3, 0.4) is 0 Å². The summed E-state index contributed by atoms with van der Waals surface area (Å²) in [6.45, 7) is 0. The van der Waals surface area contributed by atoms with Crippen LogP contribution in [0.5, 0.6) is 0 Å². The van der Waals surface area contributed by atoms with E-state index in [0.717, 1.165) is 7.11 Å². The van der Waals surface area contributed by atoms with Gasteiger partial charge in [-0.15, -0.1) is 0 Å². The van der Waals surface area contributed by atoms with Crippen molar-refractivity contribution in [3.63, 3.8) is 0 Å². The number of hydrogen-bond acceptors (Lipinski definition) is 0. The molecule has 0 atom stereocenters. The summed E-state index contributed by atoms with van der Waals surface area (Å²) in [6.07, 6.45) is 0. The number of rotatable bonds is 3. The Kier molecular flexibility index (Phi) is 6.14. The van der Waals surface area contributed by atoms with Crippen LogP contribution >= 0.6 is 0 Å². The highest BCUT2D eigenvalue weighted by Crippen LogP contribution is 2.51. The van der Waals surface area contributed by atoms with E-state index < -0.39 is 0 Å². The minimum Gasteiger partial charge on any atom is -0.240 e. The monoisotopic (exact) mass is 475 g/mol. The first-order valence-corrected chi connectivity index (χ1v) is 12.6. The van der Waals surface area contributed by atoms with Gasteiger partial charge in [-0.25, -0.2) is 5.11 Å². The Hall–Kier alpha value is -4.46. The van der Waals surface area contributed by atoms with Crippen molar-refractivity contribution in [3.8, 4) is 33.4 Å². The van der Waals surface area contributed by atoms with Gasteiger partial charge < -0.3 is 0 Å². The lowest BCUT2D eigenvalue weighted by Gasteiger charge is -2.21. The molecular weight excluding hydrogens is 448 g/mol. The maximum absolute atomic E-state index is 8.25. The Morgan fingerprint density at radius 3 is 1.59 bits per heavy atom. The van der Waals surface area contributed by atoms with E-state index in [2.05, 4.69) is 140 Å². The molecule has 1 aliphatic carbocycles. The summed E-state index contributed by atoms with van der Waals surface area (Å²) in [5.41, 5.74) is 11.9. The number of benzene rings is 6. The Labute approximate surface area is 218 Å². The predicted molar refractivity (Wildman–Crippen MR) is 154 cm³/mol. The van der Waals surface area contributed by atoms with Crippen LogP contribution in [-0.4, -0.2) is 7.11 Å². The Bertz CT molecular complexity index is 1630. The molecule has 0 heterocycles. The van der Waals surface area contributed by atoms with E-state index in [-0.39, 0.29) is 5.92 Å². The van der Waals surface area contributed by atoms with Gasteiger partial charge >= 0.3 is 0 Å². The van der Waals surface area contributed by atoms with Crippen LogP contribution in [0.1, 0.15) is 22.6 Å². The minimum absolute atomic E-state index is 0.218. The van der Waals surface area contributed by atoms with Crippen LogP contribution in [0.4, 0.5) is 0 Å². The lowest BCUT2D eigenvalue weighted by Crippen LogP contribution is -2.02. The van der Waals surface area contributed by atoms with Crippen molar-refractivity contribution in [1.82, 2.24) is 0 Å². The fourth-order valence-corrected chi connectivity index (χ4v) is 5.80. The highest BCUT2D eigenvalue weighted by molar-refractivity contribution is 6.00. The molecule has 1 aliphatic rings. The molecule has 0 aromatic heterocycles. The summed E-state index contributed by atoms with van der Waals surface area (Å²) in [7, 11) is 0.750. The molecule has 6 aromatic rings. The smallest absolute Gasteiger partial charge is 0.0712 e. The van der Waals surface area contributed by atoms with Crippen LogP contribution < -0.4 is 0 Å². The molecule has 1 radical (unpaired) electrons. The third-order valence-electron chi connectivity index (χ3n) is 7.39. The van der Waals surface area contributed by atoms with Crippen molar-refractivity contribution in [1.29, 1.82) is 0 Å². The average Bonchev–Trinajstić information content (AvgIpc) is 3.32. The van der Waals surface area contributed by atoms with Crippen molar-refractivity contribution in [2.24, 2.45) is 0 Å². The molecule has 37 heavy (non-hydrogen) atoms. The molecule has 0 N–H and O–H groups in total. The van der Waals surface area contributed by atoms with E-state index in [1.165, 1.54) is 60.8 Å². The fourth-order valence-electron chi connectivity index (χ4n) is 5.80. The second kappa shape index (κ2) is 9.89. The first-order chi connectivity index (χ1) is 18.4. The topological polar surface area (TPSA) is 19.9 Å². The van der Waals surface area contributed by atoms with Gasteiger partial charge in [0.25, 0.3) is 0 Å². The summed E-state index contributed by atoms with van der Waals surface area (Å²) < 4.78 is 0. The van der Waals surface area contributed by atoms with Crippen LogP contribution in [-0.2, 0) is 5.11 Å². The van der Waals surface area contributed by atoms with Crippen molar-refractivity contribution >= 4 is 10.8 Å². The zero-order chi connectivity index (χ0) is 25.2. The Morgan fingerprint density at radius 1 is 0.405 bits per heavy atom. The van der Waals surface area contributed by atoms with Gasteiger partial charge in [0.15, 0.2) is 0 Å². The van der Waals surface area contributed by atoms with Crippen molar-refractivity contribution in [3.05, 3.63) is 156 Å².